The highest BCUT2D eigenvalue weighted by Gasteiger charge is 2.20. The fourth-order valence-electron chi connectivity index (χ4n) is 1.74. The van der Waals surface area contributed by atoms with Gasteiger partial charge in [-0.05, 0) is 26.7 Å². The fourth-order valence-corrected chi connectivity index (χ4v) is 1.74. The molecule has 106 valence electrons. The molecule has 1 saturated carbocycles. The lowest BCUT2D eigenvalue weighted by atomic mass is 10.4. The Balaban J connectivity index is 1.81. The van der Waals surface area contributed by atoms with Crippen LogP contribution in [0, 0.1) is 0 Å². The molecule has 2 rings (SSSR count). The molecule has 0 spiro atoms. The van der Waals surface area contributed by atoms with Crippen molar-refractivity contribution >= 4 is 5.82 Å². The molecule has 1 N–H and O–H groups in total. The van der Waals surface area contributed by atoms with Crippen molar-refractivity contribution in [1.82, 2.24) is 15.3 Å². The zero-order chi connectivity index (χ0) is 13.7. The maximum atomic E-state index is 5.55. The SMILES string of the molecule is CC(C)OCCN(C)c1cncc(CNC2CC2)n1. The minimum Gasteiger partial charge on any atom is -0.377 e. The van der Waals surface area contributed by atoms with Gasteiger partial charge in [0.1, 0.15) is 5.82 Å². The number of nitrogens with one attached hydrogen (secondary N) is 1. The average Bonchev–Trinajstić information content (AvgIpc) is 3.20. The van der Waals surface area contributed by atoms with E-state index in [0.717, 1.165) is 24.6 Å². The van der Waals surface area contributed by atoms with Gasteiger partial charge in [-0.15, -0.1) is 0 Å². The highest BCUT2D eigenvalue weighted by molar-refractivity contribution is 5.34. The second-order valence-corrected chi connectivity index (χ2v) is 5.36. The van der Waals surface area contributed by atoms with Gasteiger partial charge in [0.2, 0.25) is 0 Å². The summed E-state index contributed by atoms with van der Waals surface area (Å²) in [6.07, 6.45) is 6.49. The van der Waals surface area contributed by atoms with Crippen LogP contribution in [-0.2, 0) is 11.3 Å². The predicted molar refractivity (Wildman–Crippen MR) is 76.3 cm³/mol. The molecule has 1 aliphatic carbocycles. The summed E-state index contributed by atoms with van der Waals surface area (Å²) in [5.74, 6) is 0.905. The lowest BCUT2D eigenvalue weighted by molar-refractivity contribution is 0.0845. The van der Waals surface area contributed by atoms with Crippen LogP contribution in [0.4, 0.5) is 5.82 Å². The molecule has 1 aromatic heterocycles. The summed E-state index contributed by atoms with van der Waals surface area (Å²) >= 11 is 0. The van der Waals surface area contributed by atoms with E-state index in [-0.39, 0.29) is 6.10 Å². The van der Waals surface area contributed by atoms with Crippen LogP contribution in [0.25, 0.3) is 0 Å². The molecule has 0 saturated heterocycles. The van der Waals surface area contributed by atoms with Crippen molar-refractivity contribution in [2.24, 2.45) is 0 Å². The summed E-state index contributed by atoms with van der Waals surface area (Å²) in [4.78, 5) is 11.0. The van der Waals surface area contributed by atoms with Crippen molar-refractivity contribution < 1.29 is 4.74 Å². The van der Waals surface area contributed by atoms with Crippen LogP contribution in [0.3, 0.4) is 0 Å². The molecular formula is C14H24N4O. The van der Waals surface area contributed by atoms with E-state index in [1.54, 1.807) is 6.20 Å². The molecule has 5 nitrogen and oxygen atoms in total. The second kappa shape index (κ2) is 6.82. The van der Waals surface area contributed by atoms with Crippen molar-refractivity contribution in [3.8, 4) is 0 Å². The maximum Gasteiger partial charge on any atom is 0.147 e. The first-order valence-corrected chi connectivity index (χ1v) is 7.02. The van der Waals surface area contributed by atoms with Gasteiger partial charge in [0.05, 0.1) is 24.6 Å². The summed E-state index contributed by atoms with van der Waals surface area (Å²) in [7, 11) is 2.02. The van der Waals surface area contributed by atoms with E-state index in [2.05, 4.69) is 20.2 Å². The number of nitrogens with zero attached hydrogens (tertiary/aromatic N) is 3. The first kappa shape index (κ1) is 14.2. The van der Waals surface area contributed by atoms with Crippen molar-refractivity contribution in [1.29, 1.82) is 0 Å². The first-order chi connectivity index (χ1) is 9.15. The predicted octanol–water partition coefficient (Wildman–Crippen LogP) is 1.59. The molecule has 0 amide bonds. The van der Waals surface area contributed by atoms with E-state index in [1.165, 1.54) is 12.8 Å². The van der Waals surface area contributed by atoms with Crippen LogP contribution in [0.5, 0.6) is 0 Å². The zero-order valence-electron chi connectivity index (χ0n) is 12.1. The first-order valence-electron chi connectivity index (χ1n) is 7.02. The topological polar surface area (TPSA) is 50.3 Å². The molecule has 1 fully saturated rings. The summed E-state index contributed by atoms with van der Waals surface area (Å²) < 4.78 is 5.55. The van der Waals surface area contributed by atoms with Gasteiger partial charge in [-0.2, -0.15) is 0 Å². The Morgan fingerprint density at radius 1 is 1.42 bits per heavy atom. The van der Waals surface area contributed by atoms with Gasteiger partial charge in [-0.25, -0.2) is 4.98 Å². The molecule has 1 aromatic rings. The van der Waals surface area contributed by atoms with Gasteiger partial charge >= 0.3 is 0 Å². The fraction of sp³-hybridized carbons (Fsp3) is 0.714. The van der Waals surface area contributed by atoms with Gasteiger partial charge in [0, 0.05) is 32.4 Å². The van der Waals surface area contributed by atoms with E-state index >= 15 is 0 Å². The van der Waals surface area contributed by atoms with E-state index < -0.39 is 0 Å². The number of ether oxygens (including phenoxy) is 1. The maximum absolute atomic E-state index is 5.55. The molecule has 19 heavy (non-hydrogen) atoms. The molecule has 5 heteroatoms. The summed E-state index contributed by atoms with van der Waals surface area (Å²) in [6, 6.07) is 0.697. The Morgan fingerprint density at radius 3 is 2.89 bits per heavy atom. The highest BCUT2D eigenvalue weighted by Crippen LogP contribution is 2.19. The molecule has 0 radical (unpaired) electrons. The molecule has 1 heterocycles. The van der Waals surface area contributed by atoms with E-state index in [0.29, 0.717) is 12.6 Å². The summed E-state index contributed by atoms with van der Waals surface area (Å²) in [5.41, 5.74) is 1.00. The normalized spacial score (nSPS) is 14.9. The van der Waals surface area contributed by atoms with Crippen LogP contribution < -0.4 is 10.2 Å². The number of likely N-dealkylation sites (N-methyl/N-ethyl adjacent to an activating group) is 1. The Morgan fingerprint density at radius 2 is 2.21 bits per heavy atom. The monoisotopic (exact) mass is 264 g/mol. The third kappa shape index (κ3) is 5.12. The van der Waals surface area contributed by atoms with Gasteiger partial charge in [-0.1, -0.05) is 0 Å². The summed E-state index contributed by atoms with van der Waals surface area (Å²) in [5, 5.41) is 3.45. The standard InChI is InChI=1S/C14H24N4O/c1-11(2)19-7-6-18(3)14-10-15-8-13(17-14)9-16-12-4-5-12/h8,10-12,16H,4-7,9H2,1-3H3. The van der Waals surface area contributed by atoms with Crippen molar-refractivity contribution in [3.05, 3.63) is 18.1 Å². The molecule has 0 atom stereocenters. The van der Waals surface area contributed by atoms with Gasteiger partial charge in [-0.3, -0.25) is 4.98 Å². The Hall–Kier alpha value is -1.20. The molecular weight excluding hydrogens is 240 g/mol. The lowest BCUT2D eigenvalue weighted by Crippen LogP contribution is -2.25. The molecule has 0 bridgehead atoms. The lowest BCUT2D eigenvalue weighted by Gasteiger charge is -2.19. The van der Waals surface area contributed by atoms with Crippen LogP contribution in [0.1, 0.15) is 32.4 Å². The minimum atomic E-state index is 0.272. The number of rotatable bonds is 8. The van der Waals surface area contributed by atoms with Crippen LogP contribution in [-0.4, -0.2) is 42.3 Å². The quantitative estimate of drug-likeness (QED) is 0.772. The van der Waals surface area contributed by atoms with E-state index in [4.69, 9.17) is 4.74 Å². The molecule has 0 aromatic carbocycles. The zero-order valence-corrected chi connectivity index (χ0v) is 12.1. The van der Waals surface area contributed by atoms with Crippen molar-refractivity contribution in [2.45, 2.75) is 45.4 Å². The number of hydrogen-bond donors (Lipinski definition) is 1. The van der Waals surface area contributed by atoms with Crippen LogP contribution in [0.2, 0.25) is 0 Å². The Bertz CT molecular complexity index is 393. The van der Waals surface area contributed by atoms with Gasteiger partial charge in [0.15, 0.2) is 0 Å². The van der Waals surface area contributed by atoms with Crippen LogP contribution in [0.15, 0.2) is 12.4 Å². The number of aromatic nitrogens is 2. The molecule has 1 aliphatic rings. The second-order valence-electron chi connectivity index (χ2n) is 5.36. The number of anilines is 1. The van der Waals surface area contributed by atoms with E-state index in [1.807, 2.05) is 27.1 Å². The average molecular weight is 264 g/mol. The Kier molecular flexibility index (Phi) is 5.10. The third-order valence-corrected chi connectivity index (χ3v) is 3.09. The van der Waals surface area contributed by atoms with Crippen molar-refractivity contribution in [3.63, 3.8) is 0 Å². The third-order valence-electron chi connectivity index (χ3n) is 3.09. The van der Waals surface area contributed by atoms with Crippen molar-refractivity contribution in [2.75, 3.05) is 25.1 Å². The minimum absolute atomic E-state index is 0.272. The van der Waals surface area contributed by atoms with E-state index in [9.17, 15) is 0 Å². The number of hydrogen-bond acceptors (Lipinski definition) is 5. The smallest absolute Gasteiger partial charge is 0.147 e. The summed E-state index contributed by atoms with van der Waals surface area (Å²) in [6.45, 7) is 6.43. The van der Waals surface area contributed by atoms with Gasteiger partial charge < -0.3 is 15.0 Å². The molecule has 0 unspecified atom stereocenters. The Labute approximate surface area is 115 Å². The largest absolute Gasteiger partial charge is 0.377 e. The van der Waals surface area contributed by atoms with Crippen LogP contribution >= 0.6 is 0 Å². The van der Waals surface area contributed by atoms with Gasteiger partial charge in [0.25, 0.3) is 0 Å². The highest BCUT2D eigenvalue weighted by atomic mass is 16.5. The molecule has 0 aliphatic heterocycles.